The van der Waals surface area contributed by atoms with E-state index in [1.54, 1.807) is 0 Å². The number of rotatable bonds is 7. The number of nitrogens with two attached hydrogens (primary N) is 2. The first-order valence-electron chi connectivity index (χ1n) is 7.05. The number of hydrogen-bond donors (Lipinski definition) is 5. The Morgan fingerprint density at radius 3 is 2.54 bits per heavy atom. The molecule has 1 aromatic heterocycles. The van der Waals surface area contributed by atoms with Crippen molar-refractivity contribution in [2.24, 2.45) is 16.5 Å². The fourth-order valence-electron chi connectivity index (χ4n) is 1.83. The number of aromatic carboxylic acids is 1. The smallest absolute Gasteiger partial charge is 0.357 e. The molecule has 1 heterocycles. The minimum absolute atomic E-state index is 0.329. The van der Waals surface area contributed by atoms with E-state index in [1.807, 2.05) is 10.0 Å². The second-order valence-corrected chi connectivity index (χ2v) is 7.50. The second-order valence-electron chi connectivity index (χ2n) is 4.99. The molecule has 0 bridgehead atoms. The van der Waals surface area contributed by atoms with E-state index in [4.69, 9.17) is 16.6 Å². The number of amides is 1. The van der Waals surface area contributed by atoms with Crippen molar-refractivity contribution in [1.29, 1.82) is 0 Å². The number of carboxylic acid groups (broad SMARTS) is 1. The standard InChI is InChI=1S/C13H12F2N6O5S2/c14-5-2-8(6(15)1-7(5)20-9(22)3-18-13(16)17)28(25,26)21-11-10(12(23)24)19-4-27-11/h1-2,4,21H,3H2,(H,20,22)(H,23,24)(H4,16,17,18). The lowest BCUT2D eigenvalue weighted by Gasteiger charge is -2.11. The van der Waals surface area contributed by atoms with Crippen LogP contribution in [0, 0.1) is 11.6 Å². The number of carboxylic acids is 1. The molecular weight excluding hydrogens is 422 g/mol. The highest BCUT2D eigenvalue weighted by Crippen LogP contribution is 2.27. The first kappa shape index (κ1) is 21.0. The summed E-state index contributed by atoms with van der Waals surface area (Å²) in [6, 6.07) is 0.775. The Balaban J connectivity index is 2.30. The molecule has 7 N–H and O–H groups in total. The zero-order valence-corrected chi connectivity index (χ0v) is 15.3. The van der Waals surface area contributed by atoms with E-state index in [-0.39, 0.29) is 5.00 Å². The van der Waals surface area contributed by atoms with E-state index >= 15 is 0 Å². The van der Waals surface area contributed by atoms with Gasteiger partial charge >= 0.3 is 5.97 Å². The van der Waals surface area contributed by atoms with E-state index < -0.39 is 62.3 Å². The molecule has 0 atom stereocenters. The van der Waals surface area contributed by atoms with Gasteiger partial charge in [-0.2, -0.15) is 0 Å². The Kier molecular flexibility index (Phi) is 6.09. The summed E-state index contributed by atoms with van der Waals surface area (Å²) in [7, 11) is -4.68. The molecule has 15 heteroatoms. The highest BCUT2D eigenvalue weighted by molar-refractivity contribution is 7.93. The number of aliphatic imine (C=N–C) groups is 1. The third kappa shape index (κ3) is 4.89. The normalized spacial score (nSPS) is 10.9. The van der Waals surface area contributed by atoms with Gasteiger partial charge in [-0.05, 0) is 6.07 Å². The number of aromatic nitrogens is 1. The van der Waals surface area contributed by atoms with Crippen LogP contribution in [0.1, 0.15) is 10.5 Å². The highest BCUT2D eigenvalue weighted by Gasteiger charge is 2.25. The van der Waals surface area contributed by atoms with Gasteiger partial charge in [0.15, 0.2) is 11.7 Å². The van der Waals surface area contributed by atoms with Gasteiger partial charge in [-0.15, -0.1) is 11.3 Å². The maximum Gasteiger partial charge on any atom is 0.357 e. The molecule has 0 saturated carbocycles. The van der Waals surface area contributed by atoms with Crippen LogP contribution in [0.5, 0.6) is 0 Å². The minimum Gasteiger partial charge on any atom is -0.476 e. The molecule has 0 aliphatic carbocycles. The summed E-state index contributed by atoms with van der Waals surface area (Å²) in [5.41, 5.74) is 9.90. The van der Waals surface area contributed by atoms with Crippen molar-refractivity contribution in [3.8, 4) is 0 Å². The number of guanidine groups is 1. The number of halogens is 2. The van der Waals surface area contributed by atoms with Gasteiger partial charge < -0.3 is 21.9 Å². The number of anilines is 2. The molecule has 0 radical (unpaired) electrons. The fraction of sp³-hybridized carbons (Fsp3) is 0.0769. The molecular formula is C13H12F2N6O5S2. The summed E-state index contributed by atoms with van der Waals surface area (Å²) >= 11 is 0.641. The summed E-state index contributed by atoms with van der Waals surface area (Å²) in [6.07, 6.45) is 0. The summed E-state index contributed by atoms with van der Waals surface area (Å²) < 4.78 is 54.8. The second kappa shape index (κ2) is 8.13. The lowest BCUT2D eigenvalue weighted by atomic mass is 10.3. The molecule has 0 spiro atoms. The molecule has 28 heavy (non-hydrogen) atoms. The third-order valence-electron chi connectivity index (χ3n) is 2.99. The number of thiazole rings is 1. The lowest BCUT2D eigenvalue weighted by Crippen LogP contribution is -2.26. The van der Waals surface area contributed by atoms with Crippen molar-refractivity contribution in [3.63, 3.8) is 0 Å². The lowest BCUT2D eigenvalue weighted by molar-refractivity contribution is -0.114. The maximum absolute atomic E-state index is 14.2. The number of benzene rings is 1. The van der Waals surface area contributed by atoms with Crippen LogP contribution < -0.4 is 21.5 Å². The van der Waals surface area contributed by atoms with E-state index in [1.165, 1.54) is 0 Å². The van der Waals surface area contributed by atoms with Crippen LogP contribution in [0.4, 0.5) is 19.5 Å². The van der Waals surface area contributed by atoms with Crippen LogP contribution >= 0.6 is 11.3 Å². The van der Waals surface area contributed by atoms with Crippen LogP contribution in [-0.2, 0) is 14.8 Å². The van der Waals surface area contributed by atoms with Gasteiger partial charge in [-0.1, -0.05) is 0 Å². The SMILES string of the molecule is NC(N)=NCC(=O)Nc1cc(F)c(S(=O)(=O)Nc2scnc2C(=O)O)cc1F. The molecule has 2 aromatic rings. The summed E-state index contributed by atoms with van der Waals surface area (Å²) in [6.45, 7) is -0.561. The van der Waals surface area contributed by atoms with Crippen molar-refractivity contribution in [2.75, 3.05) is 16.6 Å². The number of nitrogens with zero attached hydrogens (tertiary/aromatic N) is 2. The van der Waals surface area contributed by atoms with E-state index in [2.05, 4.69) is 9.98 Å². The quantitative estimate of drug-likeness (QED) is 0.300. The van der Waals surface area contributed by atoms with Crippen molar-refractivity contribution in [3.05, 3.63) is 35.0 Å². The fourth-order valence-corrected chi connectivity index (χ4v) is 3.89. The number of hydrogen-bond acceptors (Lipinski definition) is 7. The molecule has 11 nitrogen and oxygen atoms in total. The summed E-state index contributed by atoms with van der Waals surface area (Å²) in [5.74, 6) is -5.44. The Labute approximate surface area is 160 Å². The largest absolute Gasteiger partial charge is 0.476 e. The minimum atomic E-state index is -4.68. The predicted molar refractivity (Wildman–Crippen MR) is 95.5 cm³/mol. The van der Waals surface area contributed by atoms with Crippen LogP contribution in [0.2, 0.25) is 0 Å². The summed E-state index contributed by atoms with van der Waals surface area (Å²) in [4.78, 5) is 28.3. The molecule has 1 aromatic carbocycles. The Morgan fingerprint density at radius 1 is 1.25 bits per heavy atom. The van der Waals surface area contributed by atoms with Gasteiger partial charge in [-0.25, -0.2) is 32.0 Å². The first-order chi connectivity index (χ1) is 13.0. The number of sulfonamides is 1. The Morgan fingerprint density at radius 2 is 1.93 bits per heavy atom. The molecule has 150 valence electrons. The zero-order valence-electron chi connectivity index (χ0n) is 13.6. The Hall–Kier alpha value is -3.33. The van der Waals surface area contributed by atoms with Crippen LogP contribution in [0.15, 0.2) is 27.5 Å². The van der Waals surface area contributed by atoms with Crippen LogP contribution in [0.25, 0.3) is 0 Å². The van der Waals surface area contributed by atoms with Gasteiger partial charge in [0.2, 0.25) is 5.91 Å². The summed E-state index contributed by atoms with van der Waals surface area (Å²) in [5, 5.41) is 10.5. The number of carbonyl (C=O) groups excluding carboxylic acids is 1. The van der Waals surface area contributed by atoms with Gasteiger partial charge in [0.25, 0.3) is 10.0 Å². The number of nitrogens with one attached hydrogen (secondary N) is 2. The molecule has 0 fully saturated rings. The monoisotopic (exact) mass is 434 g/mol. The average Bonchev–Trinajstić information content (AvgIpc) is 3.03. The third-order valence-corrected chi connectivity index (χ3v) is 5.22. The van der Waals surface area contributed by atoms with Gasteiger partial charge in [0, 0.05) is 6.07 Å². The maximum atomic E-state index is 14.2. The molecule has 0 aliphatic rings. The van der Waals surface area contributed by atoms with Crippen LogP contribution in [0.3, 0.4) is 0 Å². The van der Waals surface area contributed by atoms with E-state index in [0.29, 0.717) is 23.5 Å². The van der Waals surface area contributed by atoms with Crippen molar-refractivity contribution in [2.45, 2.75) is 4.90 Å². The predicted octanol–water partition coefficient (Wildman–Crippen LogP) is 0.132. The first-order valence-corrected chi connectivity index (χ1v) is 9.41. The highest BCUT2D eigenvalue weighted by atomic mass is 32.2. The van der Waals surface area contributed by atoms with E-state index in [9.17, 15) is 26.8 Å². The molecule has 0 aliphatic heterocycles. The zero-order chi connectivity index (χ0) is 21.1. The van der Waals surface area contributed by atoms with Crippen molar-refractivity contribution < 1.29 is 31.9 Å². The van der Waals surface area contributed by atoms with Crippen molar-refractivity contribution in [1.82, 2.24) is 4.98 Å². The van der Waals surface area contributed by atoms with Crippen LogP contribution in [-0.4, -0.2) is 42.9 Å². The molecule has 2 rings (SSSR count). The molecule has 0 unspecified atom stereocenters. The Bertz CT molecular complexity index is 1070. The average molecular weight is 434 g/mol. The van der Waals surface area contributed by atoms with Gasteiger partial charge in [0.05, 0.1) is 11.2 Å². The molecule has 1 amide bonds. The van der Waals surface area contributed by atoms with Gasteiger partial charge in [0.1, 0.15) is 28.1 Å². The number of carbonyl (C=O) groups is 2. The van der Waals surface area contributed by atoms with E-state index in [0.717, 1.165) is 5.51 Å². The van der Waals surface area contributed by atoms with Crippen molar-refractivity contribution >= 4 is 49.9 Å². The molecule has 0 saturated heterocycles. The topological polar surface area (TPSA) is 190 Å². The van der Waals surface area contributed by atoms with Gasteiger partial charge in [-0.3, -0.25) is 9.52 Å².